The van der Waals surface area contributed by atoms with Gasteiger partial charge in [0.05, 0.1) is 5.56 Å². The van der Waals surface area contributed by atoms with Crippen LogP contribution in [0.5, 0.6) is 0 Å². The summed E-state index contributed by atoms with van der Waals surface area (Å²) in [5, 5.41) is 2.58. The number of nitrogens with zero attached hydrogens (tertiary/aromatic N) is 2. The molecule has 98 valence electrons. The number of aryl methyl sites for hydroxylation is 1. The van der Waals surface area contributed by atoms with E-state index in [1.165, 1.54) is 0 Å². The fourth-order valence-electron chi connectivity index (χ4n) is 1.64. The maximum absolute atomic E-state index is 11.2. The quantitative estimate of drug-likeness (QED) is 0.764. The molecular formula is C12H18N4OS. The highest BCUT2D eigenvalue weighted by molar-refractivity contribution is 7.80. The first-order valence-corrected chi connectivity index (χ1v) is 6.05. The fourth-order valence-corrected chi connectivity index (χ4v) is 1.89. The van der Waals surface area contributed by atoms with Crippen LogP contribution in [0, 0.1) is 6.92 Å². The minimum atomic E-state index is -0.00798. The van der Waals surface area contributed by atoms with Crippen molar-refractivity contribution in [1.29, 1.82) is 0 Å². The van der Waals surface area contributed by atoms with E-state index < -0.39 is 0 Å². The Balaban J connectivity index is 2.92. The van der Waals surface area contributed by atoms with Gasteiger partial charge in [-0.15, -0.1) is 0 Å². The first-order chi connectivity index (χ1) is 8.47. The van der Waals surface area contributed by atoms with Gasteiger partial charge in [0.2, 0.25) is 5.91 Å². The molecule has 5 nitrogen and oxygen atoms in total. The predicted molar refractivity (Wildman–Crippen MR) is 76.8 cm³/mol. The first kappa shape index (κ1) is 14.4. The molecule has 0 aliphatic carbocycles. The summed E-state index contributed by atoms with van der Waals surface area (Å²) in [6, 6.07) is 1.87. The molecule has 0 aliphatic rings. The average Bonchev–Trinajstić information content (AvgIpc) is 2.34. The van der Waals surface area contributed by atoms with Crippen molar-refractivity contribution in [2.75, 3.05) is 25.5 Å². The zero-order valence-electron chi connectivity index (χ0n) is 10.9. The molecule has 0 aromatic carbocycles. The molecule has 0 atom stereocenters. The number of nitrogens with two attached hydrogens (primary N) is 1. The molecule has 1 rings (SSSR count). The van der Waals surface area contributed by atoms with E-state index in [9.17, 15) is 4.79 Å². The standard InChI is InChI=1S/C12H18N4OS/c1-8-4-6-15-12(10(8)11(13)18)16(3)7-5-9(17)14-2/h4,6H,5,7H2,1-3H3,(H2,13,18)(H,14,17). The zero-order chi connectivity index (χ0) is 13.7. The Morgan fingerprint density at radius 2 is 2.28 bits per heavy atom. The third-order valence-corrected chi connectivity index (χ3v) is 2.90. The molecule has 18 heavy (non-hydrogen) atoms. The lowest BCUT2D eigenvalue weighted by molar-refractivity contribution is -0.120. The molecule has 3 N–H and O–H groups in total. The molecule has 0 saturated heterocycles. The molecule has 0 bridgehead atoms. The van der Waals surface area contributed by atoms with E-state index in [1.807, 2.05) is 24.9 Å². The van der Waals surface area contributed by atoms with Crippen molar-refractivity contribution < 1.29 is 4.79 Å². The van der Waals surface area contributed by atoms with Gasteiger partial charge in [-0.3, -0.25) is 4.79 Å². The maximum Gasteiger partial charge on any atom is 0.221 e. The van der Waals surface area contributed by atoms with Crippen LogP contribution >= 0.6 is 12.2 Å². The Kier molecular flexibility index (Phi) is 5.03. The van der Waals surface area contributed by atoms with Crippen molar-refractivity contribution in [3.8, 4) is 0 Å². The molecule has 0 radical (unpaired) electrons. The van der Waals surface area contributed by atoms with Crippen LogP contribution in [0.15, 0.2) is 12.3 Å². The highest BCUT2D eigenvalue weighted by Gasteiger charge is 2.14. The molecular weight excluding hydrogens is 248 g/mol. The zero-order valence-corrected chi connectivity index (χ0v) is 11.7. The molecule has 0 unspecified atom stereocenters. The molecule has 0 fully saturated rings. The second kappa shape index (κ2) is 6.30. The van der Waals surface area contributed by atoms with E-state index in [2.05, 4.69) is 10.3 Å². The van der Waals surface area contributed by atoms with Crippen molar-refractivity contribution in [1.82, 2.24) is 10.3 Å². The molecule has 0 saturated carbocycles. The Hall–Kier alpha value is -1.69. The second-order valence-corrected chi connectivity index (χ2v) is 4.48. The Labute approximate surface area is 112 Å². The first-order valence-electron chi connectivity index (χ1n) is 5.64. The summed E-state index contributed by atoms with van der Waals surface area (Å²) in [7, 11) is 3.49. The third-order valence-electron chi connectivity index (χ3n) is 2.70. The minimum Gasteiger partial charge on any atom is -0.389 e. The number of aromatic nitrogens is 1. The van der Waals surface area contributed by atoms with Gasteiger partial charge in [0, 0.05) is 33.3 Å². The van der Waals surface area contributed by atoms with Crippen LogP contribution in [-0.2, 0) is 4.79 Å². The van der Waals surface area contributed by atoms with E-state index in [0.29, 0.717) is 23.8 Å². The summed E-state index contributed by atoms with van der Waals surface area (Å²) < 4.78 is 0. The van der Waals surface area contributed by atoms with E-state index >= 15 is 0 Å². The van der Waals surface area contributed by atoms with Crippen LogP contribution in [0.25, 0.3) is 0 Å². The SMILES string of the molecule is CNC(=O)CCN(C)c1nccc(C)c1C(N)=S. The monoisotopic (exact) mass is 266 g/mol. The molecule has 1 aromatic rings. The van der Waals surface area contributed by atoms with Crippen molar-refractivity contribution in [2.24, 2.45) is 5.73 Å². The Morgan fingerprint density at radius 3 is 2.83 bits per heavy atom. The van der Waals surface area contributed by atoms with Gasteiger partial charge >= 0.3 is 0 Å². The van der Waals surface area contributed by atoms with Crippen molar-refractivity contribution in [3.05, 3.63) is 23.4 Å². The van der Waals surface area contributed by atoms with Crippen LogP contribution in [0.1, 0.15) is 17.5 Å². The van der Waals surface area contributed by atoms with Gasteiger partial charge in [0.15, 0.2) is 0 Å². The topological polar surface area (TPSA) is 71.2 Å². The van der Waals surface area contributed by atoms with Gasteiger partial charge in [-0.25, -0.2) is 4.98 Å². The van der Waals surface area contributed by atoms with Crippen LogP contribution in [-0.4, -0.2) is 36.5 Å². The van der Waals surface area contributed by atoms with Gasteiger partial charge in [-0.05, 0) is 18.6 Å². The van der Waals surface area contributed by atoms with Crippen LogP contribution in [0.2, 0.25) is 0 Å². The number of hydrogen-bond donors (Lipinski definition) is 2. The number of pyridine rings is 1. The summed E-state index contributed by atoms with van der Waals surface area (Å²) >= 11 is 5.05. The summed E-state index contributed by atoms with van der Waals surface area (Å²) in [5.41, 5.74) is 7.48. The molecule has 1 amide bonds. The largest absolute Gasteiger partial charge is 0.389 e. The van der Waals surface area contributed by atoms with Gasteiger partial charge in [-0.1, -0.05) is 12.2 Å². The molecule has 0 spiro atoms. The number of rotatable bonds is 5. The normalized spacial score (nSPS) is 9.94. The van der Waals surface area contributed by atoms with Gasteiger partial charge in [-0.2, -0.15) is 0 Å². The minimum absolute atomic E-state index is 0.00798. The molecule has 0 aliphatic heterocycles. The number of hydrogen-bond acceptors (Lipinski definition) is 4. The van der Waals surface area contributed by atoms with Crippen molar-refractivity contribution >= 4 is 28.9 Å². The van der Waals surface area contributed by atoms with Crippen LogP contribution < -0.4 is 16.0 Å². The smallest absolute Gasteiger partial charge is 0.221 e. The van der Waals surface area contributed by atoms with E-state index in [-0.39, 0.29) is 5.91 Å². The number of nitrogens with one attached hydrogen (secondary N) is 1. The highest BCUT2D eigenvalue weighted by Crippen LogP contribution is 2.19. The number of thiocarbonyl (C=S) groups is 1. The summed E-state index contributed by atoms with van der Waals surface area (Å²) in [4.78, 5) is 17.7. The lowest BCUT2D eigenvalue weighted by atomic mass is 10.1. The Morgan fingerprint density at radius 1 is 1.61 bits per heavy atom. The van der Waals surface area contributed by atoms with Crippen LogP contribution in [0.4, 0.5) is 5.82 Å². The van der Waals surface area contributed by atoms with Gasteiger partial charge in [0.1, 0.15) is 10.8 Å². The lowest BCUT2D eigenvalue weighted by Crippen LogP contribution is -2.29. The summed E-state index contributed by atoms with van der Waals surface area (Å²) in [6.07, 6.45) is 2.11. The van der Waals surface area contributed by atoms with E-state index in [0.717, 1.165) is 11.1 Å². The molecule has 6 heteroatoms. The van der Waals surface area contributed by atoms with Crippen molar-refractivity contribution in [2.45, 2.75) is 13.3 Å². The molecule has 1 aromatic heterocycles. The van der Waals surface area contributed by atoms with E-state index in [4.69, 9.17) is 18.0 Å². The summed E-state index contributed by atoms with van der Waals surface area (Å²) in [6.45, 7) is 2.50. The average molecular weight is 266 g/mol. The van der Waals surface area contributed by atoms with Crippen LogP contribution in [0.3, 0.4) is 0 Å². The number of amides is 1. The predicted octanol–water partition coefficient (Wildman–Crippen LogP) is 0.597. The second-order valence-electron chi connectivity index (χ2n) is 4.04. The van der Waals surface area contributed by atoms with E-state index in [1.54, 1.807) is 13.2 Å². The van der Waals surface area contributed by atoms with Crippen molar-refractivity contribution in [3.63, 3.8) is 0 Å². The van der Waals surface area contributed by atoms with Gasteiger partial charge < -0.3 is 16.0 Å². The fraction of sp³-hybridized carbons (Fsp3) is 0.417. The number of carbonyl (C=O) groups excluding carboxylic acids is 1. The Bertz CT molecular complexity index is 461. The number of carbonyl (C=O) groups is 1. The third kappa shape index (κ3) is 3.40. The highest BCUT2D eigenvalue weighted by atomic mass is 32.1. The molecule has 1 heterocycles. The maximum atomic E-state index is 11.2. The van der Waals surface area contributed by atoms with Gasteiger partial charge in [0.25, 0.3) is 0 Å². The lowest BCUT2D eigenvalue weighted by Gasteiger charge is -2.21. The number of anilines is 1. The summed E-state index contributed by atoms with van der Waals surface area (Å²) in [5.74, 6) is 0.706.